The molecule has 0 bridgehead atoms. The van der Waals surface area contributed by atoms with Gasteiger partial charge in [-0.2, -0.15) is 0 Å². The lowest BCUT2D eigenvalue weighted by Gasteiger charge is -2.11. The number of hydrogen-bond acceptors (Lipinski definition) is 2. The molecule has 0 aromatic carbocycles. The van der Waals surface area contributed by atoms with Gasteiger partial charge in [-0.1, -0.05) is 13.5 Å². The molecule has 0 fully saturated rings. The SMILES string of the molecule is C=C(CC(C)CP(=O)(O)O)C(N)=O. The molecule has 0 spiro atoms. The molecule has 0 aliphatic rings. The van der Waals surface area contributed by atoms with E-state index in [-0.39, 0.29) is 24.1 Å². The summed E-state index contributed by atoms with van der Waals surface area (Å²) in [5.74, 6) is -0.918. The normalized spacial score (nSPS) is 13.8. The molecule has 0 heterocycles. The fraction of sp³-hybridized carbons (Fsp3) is 0.571. The lowest BCUT2D eigenvalue weighted by Crippen LogP contribution is -2.16. The minimum atomic E-state index is -4.00. The van der Waals surface area contributed by atoms with Crippen molar-refractivity contribution in [2.75, 3.05) is 6.16 Å². The Labute approximate surface area is 76.8 Å². The van der Waals surface area contributed by atoms with E-state index >= 15 is 0 Å². The highest BCUT2D eigenvalue weighted by molar-refractivity contribution is 7.51. The lowest BCUT2D eigenvalue weighted by atomic mass is 10.0. The molecule has 0 aromatic rings. The van der Waals surface area contributed by atoms with Crippen LogP contribution in [0.2, 0.25) is 0 Å². The highest BCUT2D eigenvalue weighted by Crippen LogP contribution is 2.38. The fourth-order valence-corrected chi connectivity index (χ4v) is 1.93. The van der Waals surface area contributed by atoms with Crippen molar-refractivity contribution < 1.29 is 19.1 Å². The molecule has 1 unspecified atom stereocenters. The number of nitrogens with two attached hydrogens (primary N) is 1. The van der Waals surface area contributed by atoms with Crippen molar-refractivity contribution in [3.63, 3.8) is 0 Å². The topological polar surface area (TPSA) is 101 Å². The van der Waals surface area contributed by atoms with Gasteiger partial charge in [0.15, 0.2) is 0 Å². The highest BCUT2D eigenvalue weighted by Gasteiger charge is 2.19. The van der Waals surface area contributed by atoms with Crippen LogP contribution in [0.4, 0.5) is 0 Å². The van der Waals surface area contributed by atoms with Gasteiger partial charge in [0.2, 0.25) is 5.91 Å². The Morgan fingerprint density at radius 3 is 2.38 bits per heavy atom. The second-order valence-corrected chi connectivity index (χ2v) is 4.82. The smallest absolute Gasteiger partial charge is 0.325 e. The van der Waals surface area contributed by atoms with E-state index in [9.17, 15) is 9.36 Å². The highest BCUT2D eigenvalue weighted by atomic mass is 31.2. The number of carbonyl (C=O) groups excluding carboxylic acids is 1. The van der Waals surface area contributed by atoms with Crippen molar-refractivity contribution in [1.82, 2.24) is 0 Å². The Kier molecular flexibility index (Phi) is 4.33. The van der Waals surface area contributed by atoms with Crippen molar-refractivity contribution >= 4 is 13.5 Å². The molecular weight excluding hydrogens is 193 g/mol. The summed E-state index contributed by atoms with van der Waals surface area (Å²) in [6.45, 7) is 5.03. The molecular formula is C7H14NO4P. The minimum absolute atomic E-state index is 0.195. The molecule has 4 N–H and O–H groups in total. The van der Waals surface area contributed by atoms with Gasteiger partial charge in [-0.25, -0.2) is 0 Å². The molecule has 0 aromatic heterocycles. The van der Waals surface area contributed by atoms with Gasteiger partial charge in [0, 0.05) is 5.57 Å². The first kappa shape index (κ1) is 12.4. The molecule has 0 aliphatic carbocycles. The second-order valence-electron chi connectivity index (χ2n) is 3.12. The predicted octanol–water partition coefficient (Wildman–Crippen LogP) is 0.232. The van der Waals surface area contributed by atoms with Crippen molar-refractivity contribution in [3.05, 3.63) is 12.2 Å². The van der Waals surface area contributed by atoms with E-state index in [1.165, 1.54) is 0 Å². The summed E-state index contributed by atoms with van der Waals surface area (Å²) in [5, 5.41) is 0. The van der Waals surface area contributed by atoms with E-state index in [1.54, 1.807) is 6.92 Å². The number of primary amides is 1. The molecule has 5 nitrogen and oxygen atoms in total. The van der Waals surface area contributed by atoms with Crippen LogP contribution in [0.3, 0.4) is 0 Å². The number of amides is 1. The van der Waals surface area contributed by atoms with Crippen LogP contribution in [0.15, 0.2) is 12.2 Å². The molecule has 0 saturated carbocycles. The van der Waals surface area contributed by atoms with Crippen molar-refractivity contribution in [3.8, 4) is 0 Å². The van der Waals surface area contributed by atoms with Crippen LogP contribution in [0.1, 0.15) is 13.3 Å². The monoisotopic (exact) mass is 207 g/mol. The molecule has 6 heteroatoms. The van der Waals surface area contributed by atoms with Crippen LogP contribution >= 0.6 is 7.60 Å². The van der Waals surface area contributed by atoms with Crippen LogP contribution in [-0.4, -0.2) is 21.9 Å². The van der Waals surface area contributed by atoms with Gasteiger partial charge < -0.3 is 15.5 Å². The minimum Gasteiger partial charge on any atom is -0.366 e. The van der Waals surface area contributed by atoms with Crippen LogP contribution in [0, 0.1) is 5.92 Å². The molecule has 1 amide bonds. The van der Waals surface area contributed by atoms with Crippen molar-refractivity contribution in [2.45, 2.75) is 13.3 Å². The van der Waals surface area contributed by atoms with Crippen molar-refractivity contribution in [2.24, 2.45) is 11.7 Å². The zero-order chi connectivity index (χ0) is 10.6. The first-order chi connectivity index (χ1) is 5.72. The fourth-order valence-electron chi connectivity index (χ4n) is 0.992. The zero-order valence-corrected chi connectivity index (χ0v) is 8.33. The summed E-state index contributed by atoms with van der Waals surface area (Å²) in [6, 6.07) is 0. The van der Waals surface area contributed by atoms with Gasteiger partial charge in [-0.3, -0.25) is 9.36 Å². The van der Waals surface area contributed by atoms with E-state index in [1.807, 2.05) is 0 Å². The third kappa shape index (κ3) is 6.51. The summed E-state index contributed by atoms with van der Waals surface area (Å²) < 4.78 is 10.5. The van der Waals surface area contributed by atoms with Crippen LogP contribution in [0.5, 0.6) is 0 Å². The Morgan fingerprint density at radius 1 is 1.62 bits per heavy atom. The van der Waals surface area contributed by atoms with Crippen molar-refractivity contribution in [1.29, 1.82) is 0 Å². The van der Waals surface area contributed by atoms with Gasteiger partial charge >= 0.3 is 7.60 Å². The maximum Gasteiger partial charge on any atom is 0.325 e. The Bertz CT molecular complexity index is 257. The molecule has 0 radical (unpaired) electrons. The van der Waals surface area contributed by atoms with E-state index < -0.39 is 13.5 Å². The predicted molar refractivity (Wildman–Crippen MR) is 49.0 cm³/mol. The second kappa shape index (κ2) is 4.56. The average molecular weight is 207 g/mol. The van der Waals surface area contributed by atoms with Gasteiger partial charge in [-0.15, -0.1) is 0 Å². The Balaban J connectivity index is 4.03. The average Bonchev–Trinajstić information content (AvgIpc) is 1.81. The number of rotatable bonds is 5. The Morgan fingerprint density at radius 2 is 2.08 bits per heavy atom. The summed E-state index contributed by atoms with van der Waals surface area (Å²) in [4.78, 5) is 27.7. The first-order valence-electron chi connectivity index (χ1n) is 3.74. The summed E-state index contributed by atoms with van der Waals surface area (Å²) in [7, 11) is -4.00. The van der Waals surface area contributed by atoms with E-state index in [0.717, 1.165) is 0 Å². The van der Waals surface area contributed by atoms with E-state index in [0.29, 0.717) is 0 Å². The molecule has 0 saturated heterocycles. The number of carbonyl (C=O) groups is 1. The number of hydrogen-bond donors (Lipinski definition) is 3. The van der Waals surface area contributed by atoms with Gasteiger partial charge in [0.1, 0.15) is 0 Å². The Hall–Kier alpha value is -0.640. The van der Waals surface area contributed by atoms with Crippen LogP contribution in [-0.2, 0) is 9.36 Å². The molecule has 1 atom stereocenters. The van der Waals surface area contributed by atoms with Crippen LogP contribution in [0.25, 0.3) is 0 Å². The van der Waals surface area contributed by atoms with E-state index in [2.05, 4.69) is 6.58 Å². The summed E-state index contributed by atoms with van der Waals surface area (Å²) in [6.07, 6.45) is -0.0280. The lowest BCUT2D eigenvalue weighted by molar-refractivity contribution is -0.114. The molecule has 13 heavy (non-hydrogen) atoms. The third-order valence-electron chi connectivity index (χ3n) is 1.49. The maximum atomic E-state index is 10.5. The molecule has 76 valence electrons. The van der Waals surface area contributed by atoms with Gasteiger partial charge in [0.05, 0.1) is 6.16 Å². The maximum absolute atomic E-state index is 10.5. The van der Waals surface area contributed by atoms with Gasteiger partial charge in [0.25, 0.3) is 0 Å². The summed E-state index contributed by atoms with van der Waals surface area (Å²) in [5.41, 5.74) is 5.11. The molecule has 0 rings (SSSR count). The largest absolute Gasteiger partial charge is 0.366 e. The zero-order valence-electron chi connectivity index (χ0n) is 7.43. The standard InChI is InChI=1S/C7H14NO4P/c1-5(4-13(10,11)12)3-6(2)7(8)9/h5H,2-4H2,1H3,(H2,8,9)(H2,10,11,12). The first-order valence-corrected chi connectivity index (χ1v) is 5.54. The quantitative estimate of drug-likeness (QED) is 0.443. The third-order valence-corrected chi connectivity index (χ3v) is 2.59. The van der Waals surface area contributed by atoms with E-state index in [4.69, 9.17) is 15.5 Å². The summed E-state index contributed by atoms with van der Waals surface area (Å²) >= 11 is 0. The van der Waals surface area contributed by atoms with Crippen LogP contribution < -0.4 is 5.73 Å². The molecule has 0 aliphatic heterocycles. The van der Waals surface area contributed by atoms with Gasteiger partial charge in [-0.05, 0) is 12.3 Å².